The Hall–Kier alpha value is -1.99. The molecule has 2 atom stereocenters. The second kappa shape index (κ2) is 7.56. The summed E-state index contributed by atoms with van der Waals surface area (Å²) in [6.45, 7) is 4.18. The van der Waals surface area contributed by atoms with Gasteiger partial charge in [0.25, 0.3) is 5.56 Å². The Bertz CT molecular complexity index is 1130. The standard InChI is InChI=1S/C20H18ClN3OS2/c1-11(13-5-3-6-14(21)9-13)22-12(2)18-23-19(25)17-15(10-27-20(17)24-18)16-7-4-8-26-16/h3-12,22H,1-2H3,(H,23,24,25)/p+1/t11-,12-/m1/s1. The van der Waals surface area contributed by atoms with E-state index in [4.69, 9.17) is 16.6 Å². The van der Waals surface area contributed by atoms with Crippen molar-refractivity contribution in [1.29, 1.82) is 0 Å². The number of hydrogen-bond acceptors (Lipinski definition) is 4. The molecule has 4 rings (SSSR count). The molecule has 0 aliphatic heterocycles. The van der Waals surface area contributed by atoms with Crippen LogP contribution in [0.2, 0.25) is 5.02 Å². The van der Waals surface area contributed by atoms with Crippen molar-refractivity contribution in [2.45, 2.75) is 25.9 Å². The molecule has 1 aromatic carbocycles. The van der Waals surface area contributed by atoms with Gasteiger partial charge in [0.05, 0.1) is 5.39 Å². The molecule has 3 aromatic heterocycles. The molecule has 4 aromatic rings. The van der Waals surface area contributed by atoms with Gasteiger partial charge < -0.3 is 10.3 Å². The summed E-state index contributed by atoms with van der Waals surface area (Å²) >= 11 is 9.25. The Labute approximate surface area is 169 Å². The second-order valence-corrected chi connectivity index (χ2v) is 8.83. The minimum Gasteiger partial charge on any atom is -0.332 e. The number of hydrogen-bond donors (Lipinski definition) is 2. The van der Waals surface area contributed by atoms with Crippen molar-refractivity contribution in [2.75, 3.05) is 0 Å². The maximum Gasteiger partial charge on any atom is 0.260 e. The first-order valence-corrected chi connectivity index (χ1v) is 10.8. The quantitative estimate of drug-likeness (QED) is 0.493. The first-order valence-electron chi connectivity index (χ1n) is 8.68. The Balaban J connectivity index is 1.63. The molecule has 4 nitrogen and oxygen atoms in total. The Morgan fingerprint density at radius 2 is 2.00 bits per heavy atom. The predicted molar refractivity (Wildman–Crippen MR) is 114 cm³/mol. The molecule has 0 saturated heterocycles. The molecule has 0 amide bonds. The highest BCUT2D eigenvalue weighted by atomic mass is 35.5. The fourth-order valence-corrected chi connectivity index (χ4v) is 5.19. The topological polar surface area (TPSA) is 62.4 Å². The van der Waals surface area contributed by atoms with E-state index in [0.717, 1.165) is 25.9 Å². The van der Waals surface area contributed by atoms with Gasteiger partial charge in [0.1, 0.15) is 16.9 Å². The number of thiophene rings is 2. The number of nitrogens with zero attached hydrogens (tertiary/aromatic N) is 1. The summed E-state index contributed by atoms with van der Waals surface area (Å²) in [6.07, 6.45) is 0. The number of quaternary nitrogens is 1. The average molecular weight is 417 g/mol. The number of nitrogens with two attached hydrogens (primary N) is 1. The van der Waals surface area contributed by atoms with Gasteiger partial charge in [-0.15, -0.1) is 22.7 Å². The van der Waals surface area contributed by atoms with Gasteiger partial charge in [-0.25, -0.2) is 4.98 Å². The van der Waals surface area contributed by atoms with Crippen molar-refractivity contribution in [1.82, 2.24) is 9.97 Å². The lowest BCUT2D eigenvalue weighted by atomic mass is 10.1. The minimum absolute atomic E-state index is 0.0170. The SMILES string of the molecule is C[C@@H]([NH2+][C@H](C)c1nc2scc(-c3cccs3)c2c(=O)[nH]1)c1cccc(Cl)c1. The fourth-order valence-electron chi connectivity index (χ4n) is 3.22. The number of benzene rings is 1. The molecule has 3 heterocycles. The van der Waals surface area contributed by atoms with E-state index in [0.29, 0.717) is 11.2 Å². The minimum atomic E-state index is -0.0738. The number of halogens is 1. The van der Waals surface area contributed by atoms with Crippen LogP contribution in [0.25, 0.3) is 20.7 Å². The van der Waals surface area contributed by atoms with Crippen LogP contribution in [0.4, 0.5) is 0 Å². The molecular weight excluding hydrogens is 398 g/mol. The van der Waals surface area contributed by atoms with E-state index in [1.807, 2.05) is 41.1 Å². The Morgan fingerprint density at radius 1 is 1.15 bits per heavy atom. The van der Waals surface area contributed by atoms with E-state index in [1.165, 1.54) is 11.3 Å². The van der Waals surface area contributed by atoms with Crippen LogP contribution in [0.1, 0.15) is 37.3 Å². The largest absolute Gasteiger partial charge is 0.332 e. The van der Waals surface area contributed by atoms with Crippen LogP contribution in [0, 0.1) is 0 Å². The number of nitrogens with one attached hydrogen (secondary N) is 1. The smallest absolute Gasteiger partial charge is 0.260 e. The maximum absolute atomic E-state index is 12.8. The Morgan fingerprint density at radius 3 is 2.74 bits per heavy atom. The number of H-pyrrole nitrogens is 1. The van der Waals surface area contributed by atoms with Crippen LogP contribution in [-0.2, 0) is 0 Å². The van der Waals surface area contributed by atoms with E-state index >= 15 is 0 Å². The highest BCUT2D eigenvalue weighted by molar-refractivity contribution is 7.18. The van der Waals surface area contributed by atoms with Crippen molar-refractivity contribution < 1.29 is 5.32 Å². The molecular formula is C20H19ClN3OS2+. The molecule has 0 aliphatic rings. The van der Waals surface area contributed by atoms with Crippen LogP contribution in [0.5, 0.6) is 0 Å². The van der Waals surface area contributed by atoms with Crippen molar-refractivity contribution in [2.24, 2.45) is 0 Å². The lowest BCUT2D eigenvalue weighted by Gasteiger charge is -2.16. The van der Waals surface area contributed by atoms with Gasteiger partial charge in [-0.1, -0.05) is 29.8 Å². The van der Waals surface area contributed by atoms with Gasteiger partial charge in [0.15, 0.2) is 5.82 Å². The molecule has 0 spiro atoms. The molecule has 3 N–H and O–H groups in total. The van der Waals surface area contributed by atoms with Crippen molar-refractivity contribution in [3.8, 4) is 10.4 Å². The summed E-state index contributed by atoms with van der Waals surface area (Å²) < 4.78 is 0. The van der Waals surface area contributed by atoms with Gasteiger partial charge >= 0.3 is 0 Å². The van der Waals surface area contributed by atoms with Crippen LogP contribution in [0.15, 0.2) is 52.0 Å². The maximum atomic E-state index is 12.8. The Kier molecular flexibility index (Phi) is 5.14. The number of aromatic nitrogens is 2. The molecule has 27 heavy (non-hydrogen) atoms. The van der Waals surface area contributed by atoms with Gasteiger partial charge in [-0.3, -0.25) is 4.79 Å². The molecule has 138 valence electrons. The van der Waals surface area contributed by atoms with Crippen LogP contribution < -0.4 is 10.9 Å². The van der Waals surface area contributed by atoms with Crippen molar-refractivity contribution in [3.63, 3.8) is 0 Å². The zero-order valence-electron chi connectivity index (χ0n) is 14.9. The number of fused-ring (bicyclic) bond motifs is 1. The normalized spacial score (nSPS) is 13.7. The summed E-state index contributed by atoms with van der Waals surface area (Å²) in [5.41, 5.74) is 2.04. The molecule has 0 unspecified atom stereocenters. The van der Waals surface area contributed by atoms with Gasteiger partial charge in [-0.2, -0.15) is 0 Å². The molecule has 0 fully saturated rings. The van der Waals surface area contributed by atoms with Crippen molar-refractivity contribution in [3.05, 3.63) is 73.9 Å². The van der Waals surface area contributed by atoms with E-state index < -0.39 is 0 Å². The fraction of sp³-hybridized carbons (Fsp3) is 0.200. The van der Waals surface area contributed by atoms with Gasteiger partial charge in [0, 0.05) is 26.4 Å². The first kappa shape index (κ1) is 18.4. The molecule has 0 aliphatic carbocycles. The monoisotopic (exact) mass is 416 g/mol. The summed E-state index contributed by atoms with van der Waals surface area (Å²) in [6, 6.07) is 12.1. The van der Waals surface area contributed by atoms with Crippen molar-refractivity contribution >= 4 is 44.5 Å². The molecule has 0 saturated carbocycles. The third kappa shape index (κ3) is 3.71. The summed E-state index contributed by atoms with van der Waals surface area (Å²) in [5.74, 6) is 0.695. The van der Waals surface area contributed by atoms with Crippen LogP contribution in [-0.4, -0.2) is 9.97 Å². The van der Waals surface area contributed by atoms with E-state index in [-0.39, 0.29) is 17.6 Å². The van der Waals surface area contributed by atoms with Crippen LogP contribution >= 0.6 is 34.3 Å². The second-order valence-electron chi connectivity index (χ2n) is 6.58. The molecule has 0 radical (unpaired) electrons. The summed E-state index contributed by atoms with van der Waals surface area (Å²) in [7, 11) is 0. The van der Waals surface area contributed by atoms with E-state index in [1.54, 1.807) is 11.3 Å². The molecule has 7 heteroatoms. The summed E-state index contributed by atoms with van der Waals surface area (Å²) in [4.78, 5) is 22.4. The highest BCUT2D eigenvalue weighted by Gasteiger charge is 2.20. The third-order valence-electron chi connectivity index (χ3n) is 4.63. The van der Waals surface area contributed by atoms with Gasteiger partial charge in [-0.05, 0) is 37.4 Å². The first-order chi connectivity index (χ1) is 13.0. The zero-order valence-corrected chi connectivity index (χ0v) is 17.3. The van der Waals surface area contributed by atoms with E-state index in [2.05, 4.69) is 30.2 Å². The van der Waals surface area contributed by atoms with Crippen LogP contribution in [0.3, 0.4) is 0 Å². The number of aromatic amines is 1. The lowest BCUT2D eigenvalue weighted by molar-refractivity contribution is -0.729. The summed E-state index contributed by atoms with van der Waals surface area (Å²) in [5, 5.41) is 7.63. The number of rotatable bonds is 5. The highest BCUT2D eigenvalue weighted by Crippen LogP contribution is 2.33. The van der Waals surface area contributed by atoms with Gasteiger partial charge in [0.2, 0.25) is 0 Å². The van der Waals surface area contributed by atoms with E-state index in [9.17, 15) is 4.79 Å². The average Bonchev–Trinajstić information content (AvgIpc) is 3.31. The zero-order chi connectivity index (χ0) is 19.0. The third-order valence-corrected chi connectivity index (χ3v) is 6.64. The lowest BCUT2D eigenvalue weighted by Crippen LogP contribution is -2.85. The predicted octanol–water partition coefficient (Wildman–Crippen LogP) is 4.75. The molecule has 0 bridgehead atoms.